The largest absolute Gasteiger partial charge is 0.383 e. The summed E-state index contributed by atoms with van der Waals surface area (Å²) in [6.07, 6.45) is 2.72. The van der Waals surface area contributed by atoms with Crippen LogP contribution in [0.4, 0.5) is 5.69 Å². The average molecular weight is 747 g/mol. The quantitative estimate of drug-likeness (QED) is 0.215. The highest BCUT2D eigenvalue weighted by Crippen LogP contribution is 2.31. The molecule has 288 valence electrons. The number of ether oxygens (including phenoxy) is 1. The van der Waals surface area contributed by atoms with Crippen molar-refractivity contribution in [1.82, 2.24) is 23.9 Å². The van der Waals surface area contributed by atoms with Gasteiger partial charge in [-0.05, 0) is 96.3 Å². The van der Waals surface area contributed by atoms with Crippen LogP contribution in [0.5, 0.6) is 0 Å². The molecule has 0 aliphatic carbocycles. The summed E-state index contributed by atoms with van der Waals surface area (Å²) in [6.45, 7) is 5.96. The number of carbonyl (C=O) groups is 2. The van der Waals surface area contributed by atoms with Gasteiger partial charge in [0.25, 0.3) is 5.91 Å². The van der Waals surface area contributed by atoms with E-state index in [1.807, 2.05) is 69.5 Å². The summed E-state index contributed by atoms with van der Waals surface area (Å²) in [5.74, 6) is -0.310. The SMILES string of the molecule is CN(C)CCCN(CCCN(C)C)C(=O)C1CCN(S(=O)(=O)c2ccc(NCC(c3ccccc3)c3ccccc3)c(C(=O)N3CCOCC3)c2)CC1. The molecule has 53 heavy (non-hydrogen) atoms. The Morgan fingerprint density at radius 1 is 0.774 bits per heavy atom. The van der Waals surface area contributed by atoms with Crippen molar-refractivity contribution in [2.24, 2.45) is 5.92 Å². The van der Waals surface area contributed by atoms with E-state index in [1.54, 1.807) is 17.0 Å². The molecule has 5 rings (SSSR count). The fourth-order valence-corrected chi connectivity index (χ4v) is 8.70. The molecule has 2 aliphatic heterocycles. The van der Waals surface area contributed by atoms with Crippen molar-refractivity contribution in [3.05, 3.63) is 95.6 Å². The van der Waals surface area contributed by atoms with Gasteiger partial charge in [0.15, 0.2) is 0 Å². The number of rotatable bonds is 17. The van der Waals surface area contributed by atoms with Crippen LogP contribution in [0.15, 0.2) is 83.8 Å². The third-order valence-electron chi connectivity index (χ3n) is 10.2. The smallest absolute Gasteiger partial charge is 0.256 e. The minimum Gasteiger partial charge on any atom is -0.383 e. The fraction of sp³-hybridized carbons (Fsp3) is 0.512. The number of hydrogen-bond acceptors (Lipinski definition) is 8. The zero-order chi connectivity index (χ0) is 37.8. The van der Waals surface area contributed by atoms with Crippen LogP contribution >= 0.6 is 0 Å². The van der Waals surface area contributed by atoms with Gasteiger partial charge in [-0.15, -0.1) is 0 Å². The second kappa shape index (κ2) is 19.5. The molecule has 0 unspecified atom stereocenters. The van der Waals surface area contributed by atoms with Crippen molar-refractivity contribution in [2.45, 2.75) is 36.5 Å². The van der Waals surface area contributed by atoms with Gasteiger partial charge in [0.2, 0.25) is 15.9 Å². The number of piperidine rings is 1. The lowest BCUT2D eigenvalue weighted by molar-refractivity contribution is -0.137. The van der Waals surface area contributed by atoms with Crippen molar-refractivity contribution in [2.75, 3.05) is 106 Å². The van der Waals surface area contributed by atoms with E-state index < -0.39 is 10.0 Å². The predicted octanol–water partition coefficient (Wildman–Crippen LogP) is 4.54. The van der Waals surface area contributed by atoms with Crippen molar-refractivity contribution in [3.63, 3.8) is 0 Å². The third kappa shape index (κ3) is 11.1. The third-order valence-corrected chi connectivity index (χ3v) is 12.1. The summed E-state index contributed by atoms with van der Waals surface area (Å²) in [5, 5.41) is 3.52. The first kappa shape index (κ1) is 40.4. The molecular formula is C41H58N6O5S. The van der Waals surface area contributed by atoms with Crippen molar-refractivity contribution >= 4 is 27.5 Å². The molecule has 2 amide bonds. The molecule has 0 atom stereocenters. The second-order valence-electron chi connectivity index (χ2n) is 14.7. The van der Waals surface area contributed by atoms with E-state index in [1.165, 1.54) is 10.4 Å². The Morgan fingerprint density at radius 3 is 1.85 bits per heavy atom. The molecule has 2 aliphatic rings. The molecule has 0 bridgehead atoms. The zero-order valence-electron chi connectivity index (χ0n) is 32.0. The van der Waals surface area contributed by atoms with E-state index in [2.05, 4.69) is 39.4 Å². The summed E-state index contributed by atoms with van der Waals surface area (Å²) >= 11 is 0. The summed E-state index contributed by atoms with van der Waals surface area (Å²) in [4.78, 5) is 35.8. The lowest BCUT2D eigenvalue weighted by Gasteiger charge is -2.34. The Morgan fingerprint density at radius 2 is 1.32 bits per heavy atom. The van der Waals surface area contributed by atoms with E-state index >= 15 is 0 Å². The highest BCUT2D eigenvalue weighted by molar-refractivity contribution is 7.89. The minimum absolute atomic E-state index is 0.00745. The summed E-state index contributed by atoms with van der Waals surface area (Å²) in [7, 11) is 4.21. The van der Waals surface area contributed by atoms with Gasteiger partial charge in [-0.25, -0.2) is 8.42 Å². The number of benzene rings is 3. The van der Waals surface area contributed by atoms with Crippen LogP contribution in [0.1, 0.15) is 53.1 Å². The maximum absolute atomic E-state index is 14.2. The van der Waals surface area contributed by atoms with Gasteiger partial charge in [-0.3, -0.25) is 9.59 Å². The molecule has 1 N–H and O–H groups in total. The van der Waals surface area contributed by atoms with Crippen LogP contribution in [0.3, 0.4) is 0 Å². The monoisotopic (exact) mass is 746 g/mol. The number of carbonyl (C=O) groups excluding carboxylic acids is 2. The maximum atomic E-state index is 14.2. The van der Waals surface area contributed by atoms with Gasteiger partial charge < -0.3 is 29.7 Å². The fourth-order valence-electron chi connectivity index (χ4n) is 7.20. The van der Waals surface area contributed by atoms with E-state index in [4.69, 9.17) is 4.74 Å². The highest BCUT2D eigenvalue weighted by Gasteiger charge is 2.35. The van der Waals surface area contributed by atoms with Crippen LogP contribution in [0, 0.1) is 5.92 Å². The van der Waals surface area contributed by atoms with Crippen LogP contribution in [-0.2, 0) is 19.6 Å². The van der Waals surface area contributed by atoms with Crippen LogP contribution < -0.4 is 5.32 Å². The molecule has 0 radical (unpaired) electrons. The Hall–Kier alpha value is -3.81. The lowest BCUT2D eigenvalue weighted by atomic mass is 9.91. The Balaban J connectivity index is 1.33. The molecule has 3 aromatic carbocycles. The average Bonchev–Trinajstić information content (AvgIpc) is 3.18. The number of sulfonamides is 1. The van der Waals surface area contributed by atoms with Gasteiger partial charge >= 0.3 is 0 Å². The maximum Gasteiger partial charge on any atom is 0.256 e. The standard InChI is InChI=1S/C41H58N6O5S/c1-43(2)21-11-23-45(24-12-22-44(3)4)40(48)35-19-25-47(26-20-35)53(50,51)36-17-18-39(37(31-36)41(49)46-27-29-52-30-28-46)42-32-38(33-13-7-5-8-14-33)34-15-9-6-10-16-34/h5-10,13-18,31,35,38,42H,11-12,19-30,32H2,1-4H3. The van der Waals surface area contributed by atoms with Crippen LogP contribution in [0.25, 0.3) is 0 Å². The number of nitrogens with zero attached hydrogens (tertiary/aromatic N) is 5. The van der Waals surface area contributed by atoms with Crippen molar-refractivity contribution in [3.8, 4) is 0 Å². The summed E-state index contributed by atoms with van der Waals surface area (Å²) in [6, 6.07) is 25.3. The normalized spacial score (nSPS) is 16.0. The van der Waals surface area contributed by atoms with Crippen LogP contribution in [0.2, 0.25) is 0 Å². The topological polar surface area (TPSA) is 106 Å². The number of amides is 2. The van der Waals surface area contributed by atoms with Gasteiger partial charge in [0.05, 0.1) is 23.7 Å². The minimum atomic E-state index is -3.93. The Kier molecular flexibility index (Phi) is 14.9. The van der Waals surface area contributed by atoms with Gasteiger partial charge in [0, 0.05) is 63.3 Å². The highest BCUT2D eigenvalue weighted by atomic mass is 32.2. The van der Waals surface area contributed by atoms with Gasteiger partial charge in [0.1, 0.15) is 0 Å². The van der Waals surface area contributed by atoms with Crippen molar-refractivity contribution in [1.29, 1.82) is 0 Å². The first-order valence-corrected chi connectivity index (χ1v) is 20.4. The molecule has 2 heterocycles. The zero-order valence-corrected chi connectivity index (χ0v) is 32.8. The lowest BCUT2D eigenvalue weighted by Crippen LogP contribution is -2.45. The van der Waals surface area contributed by atoms with Crippen LogP contribution in [-0.4, -0.2) is 144 Å². The Bertz CT molecular complexity index is 1660. The number of hydrogen-bond donors (Lipinski definition) is 1. The van der Waals surface area contributed by atoms with Gasteiger partial charge in [-0.1, -0.05) is 60.7 Å². The van der Waals surface area contributed by atoms with E-state index in [0.29, 0.717) is 70.0 Å². The molecule has 0 saturated carbocycles. The summed E-state index contributed by atoms with van der Waals surface area (Å²) in [5.41, 5.74) is 3.19. The molecule has 2 fully saturated rings. The van der Waals surface area contributed by atoms with Crippen molar-refractivity contribution < 1.29 is 22.7 Å². The summed E-state index contributed by atoms with van der Waals surface area (Å²) < 4.78 is 35.3. The number of morpholine rings is 1. The molecule has 12 heteroatoms. The molecule has 2 saturated heterocycles. The van der Waals surface area contributed by atoms with E-state index in [0.717, 1.165) is 37.1 Å². The van der Waals surface area contributed by atoms with E-state index in [9.17, 15) is 18.0 Å². The second-order valence-corrected chi connectivity index (χ2v) is 16.6. The first-order chi connectivity index (χ1) is 25.5. The number of nitrogens with one attached hydrogen (secondary N) is 1. The Labute approximate surface area is 316 Å². The molecular weight excluding hydrogens is 689 g/mol. The molecule has 0 aromatic heterocycles. The predicted molar refractivity (Wildman–Crippen MR) is 211 cm³/mol. The van der Waals surface area contributed by atoms with Gasteiger partial charge in [-0.2, -0.15) is 4.31 Å². The number of anilines is 1. The molecule has 3 aromatic rings. The first-order valence-electron chi connectivity index (χ1n) is 19.0. The van der Waals surface area contributed by atoms with E-state index in [-0.39, 0.29) is 41.6 Å². The molecule has 11 nitrogen and oxygen atoms in total. The molecule has 0 spiro atoms.